The Balaban J connectivity index is 1.99. The van der Waals surface area contributed by atoms with Crippen molar-refractivity contribution in [1.29, 1.82) is 0 Å². The van der Waals surface area contributed by atoms with Crippen LogP contribution in [0, 0.1) is 0 Å². The molecule has 1 atom stereocenters. The van der Waals surface area contributed by atoms with Crippen molar-refractivity contribution in [1.82, 2.24) is 15.1 Å². The molecule has 5 nitrogen and oxygen atoms in total. The van der Waals surface area contributed by atoms with Crippen molar-refractivity contribution >= 4 is 11.8 Å². The summed E-state index contributed by atoms with van der Waals surface area (Å²) < 4.78 is 0. The van der Waals surface area contributed by atoms with Crippen LogP contribution in [-0.4, -0.2) is 60.4 Å². The summed E-state index contributed by atoms with van der Waals surface area (Å²) in [7, 11) is 0. The summed E-state index contributed by atoms with van der Waals surface area (Å²) in [5.74, 6) is 0.0471. The first kappa shape index (κ1) is 14.8. The molecular formula is C15H23N3O2. The van der Waals surface area contributed by atoms with Crippen LogP contribution in [0.4, 0.5) is 0 Å². The Morgan fingerprint density at radius 2 is 1.90 bits per heavy atom. The predicted molar refractivity (Wildman–Crippen MR) is 78.1 cm³/mol. The third kappa shape index (κ3) is 3.48. The summed E-state index contributed by atoms with van der Waals surface area (Å²) >= 11 is 0. The molecule has 1 unspecified atom stereocenters. The second-order valence-corrected chi connectivity index (χ2v) is 5.15. The van der Waals surface area contributed by atoms with Crippen molar-refractivity contribution in [2.45, 2.75) is 25.8 Å². The van der Waals surface area contributed by atoms with Crippen molar-refractivity contribution in [3.05, 3.63) is 24.3 Å². The van der Waals surface area contributed by atoms with Gasteiger partial charge in [0.1, 0.15) is 6.04 Å². The van der Waals surface area contributed by atoms with Gasteiger partial charge >= 0.3 is 0 Å². The number of rotatable bonds is 3. The zero-order valence-corrected chi connectivity index (χ0v) is 12.0. The molecule has 2 aliphatic heterocycles. The van der Waals surface area contributed by atoms with E-state index in [-0.39, 0.29) is 17.9 Å². The monoisotopic (exact) mass is 277 g/mol. The van der Waals surface area contributed by atoms with Gasteiger partial charge in [0, 0.05) is 38.8 Å². The molecule has 0 aliphatic carbocycles. The number of carbonyl (C=O) groups excluding carboxylic acids is 2. The van der Waals surface area contributed by atoms with Crippen molar-refractivity contribution < 1.29 is 9.59 Å². The van der Waals surface area contributed by atoms with Gasteiger partial charge in [0.2, 0.25) is 11.8 Å². The minimum Gasteiger partial charge on any atom is -0.338 e. The van der Waals surface area contributed by atoms with Gasteiger partial charge in [0.05, 0.1) is 0 Å². The van der Waals surface area contributed by atoms with Crippen molar-refractivity contribution in [3.8, 4) is 0 Å². The minimum absolute atomic E-state index is 0.0610. The van der Waals surface area contributed by atoms with Crippen molar-refractivity contribution in [2.24, 2.45) is 0 Å². The normalized spacial score (nSPS) is 23.9. The average molecular weight is 277 g/mol. The summed E-state index contributed by atoms with van der Waals surface area (Å²) in [5.41, 5.74) is 0. The fourth-order valence-corrected chi connectivity index (χ4v) is 2.73. The highest BCUT2D eigenvalue weighted by molar-refractivity contribution is 5.93. The van der Waals surface area contributed by atoms with E-state index in [1.807, 2.05) is 24.0 Å². The van der Waals surface area contributed by atoms with Crippen LogP contribution in [0.15, 0.2) is 24.3 Å². The lowest BCUT2D eigenvalue weighted by molar-refractivity contribution is -0.142. The molecule has 2 rings (SSSR count). The molecule has 0 saturated carbocycles. The Morgan fingerprint density at radius 3 is 2.60 bits per heavy atom. The molecule has 2 amide bonds. The standard InChI is InChI=1S/C15H23N3O2/c1-2-3-4-7-14(19)18-10-5-6-13(18)15(20)17-11-8-16-9-12-17/h2-4,7,13,16H,5-6,8-12H2,1H3/b3-2+,7-4+. The van der Waals surface area contributed by atoms with Crippen molar-refractivity contribution in [2.75, 3.05) is 32.7 Å². The van der Waals surface area contributed by atoms with E-state index in [9.17, 15) is 9.59 Å². The van der Waals surface area contributed by atoms with E-state index in [1.54, 1.807) is 17.1 Å². The third-order valence-corrected chi connectivity index (χ3v) is 3.79. The van der Waals surface area contributed by atoms with Gasteiger partial charge in [0.15, 0.2) is 0 Å². The highest BCUT2D eigenvalue weighted by Crippen LogP contribution is 2.20. The van der Waals surface area contributed by atoms with Gasteiger partial charge in [-0.15, -0.1) is 0 Å². The van der Waals surface area contributed by atoms with Gasteiger partial charge in [0.25, 0.3) is 0 Å². The highest BCUT2D eigenvalue weighted by Gasteiger charge is 2.35. The maximum Gasteiger partial charge on any atom is 0.247 e. The zero-order valence-electron chi connectivity index (χ0n) is 12.0. The molecule has 2 aliphatic rings. The number of amides is 2. The van der Waals surface area contributed by atoms with E-state index in [2.05, 4.69) is 5.32 Å². The zero-order chi connectivity index (χ0) is 14.4. The first-order valence-electron chi connectivity index (χ1n) is 7.33. The number of carbonyl (C=O) groups is 2. The van der Waals surface area contributed by atoms with Gasteiger partial charge in [-0.1, -0.05) is 18.2 Å². The van der Waals surface area contributed by atoms with E-state index in [0.29, 0.717) is 6.54 Å². The Hall–Kier alpha value is -1.62. The first-order valence-corrected chi connectivity index (χ1v) is 7.33. The molecule has 110 valence electrons. The number of hydrogen-bond acceptors (Lipinski definition) is 3. The van der Waals surface area contributed by atoms with Crippen LogP contribution < -0.4 is 5.32 Å². The fourth-order valence-electron chi connectivity index (χ4n) is 2.73. The molecule has 0 aromatic heterocycles. The third-order valence-electron chi connectivity index (χ3n) is 3.79. The largest absolute Gasteiger partial charge is 0.338 e. The molecule has 0 aromatic carbocycles. The number of likely N-dealkylation sites (tertiary alicyclic amines) is 1. The van der Waals surface area contributed by atoms with Crippen molar-refractivity contribution in [3.63, 3.8) is 0 Å². The first-order chi connectivity index (χ1) is 9.74. The molecule has 0 radical (unpaired) electrons. The Labute approximate surface area is 120 Å². The maximum atomic E-state index is 12.5. The van der Waals surface area contributed by atoms with Crippen LogP contribution >= 0.6 is 0 Å². The summed E-state index contributed by atoms with van der Waals surface area (Å²) in [4.78, 5) is 28.2. The van der Waals surface area contributed by atoms with E-state index < -0.39 is 0 Å². The summed E-state index contributed by atoms with van der Waals surface area (Å²) in [6.07, 6.45) is 8.66. The molecule has 0 bridgehead atoms. The van der Waals surface area contributed by atoms with Gasteiger partial charge in [-0.3, -0.25) is 9.59 Å². The van der Waals surface area contributed by atoms with Crippen LogP contribution in [0.25, 0.3) is 0 Å². The number of nitrogens with one attached hydrogen (secondary N) is 1. The van der Waals surface area contributed by atoms with Gasteiger partial charge < -0.3 is 15.1 Å². The van der Waals surface area contributed by atoms with Crippen LogP contribution in [0.5, 0.6) is 0 Å². The number of hydrogen-bond donors (Lipinski definition) is 1. The van der Waals surface area contributed by atoms with E-state index >= 15 is 0 Å². The van der Waals surface area contributed by atoms with Gasteiger partial charge in [-0.2, -0.15) is 0 Å². The summed E-state index contributed by atoms with van der Waals surface area (Å²) in [6.45, 7) is 5.75. The van der Waals surface area contributed by atoms with E-state index in [1.165, 1.54) is 0 Å². The Kier molecular flexibility index (Phi) is 5.35. The number of piperazine rings is 1. The number of nitrogens with zero attached hydrogens (tertiary/aromatic N) is 2. The van der Waals surface area contributed by atoms with Crippen LogP contribution in [0.2, 0.25) is 0 Å². The van der Waals surface area contributed by atoms with Gasteiger partial charge in [-0.05, 0) is 19.8 Å². The topological polar surface area (TPSA) is 52.7 Å². The second kappa shape index (κ2) is 7.24. The average Bonchev–Trinajstić information content (AvgIpc) is 2.97. The van der Waals surface area contributed by atoms with Crippen LogP contribution in [0.1, 0.15) is 19.8 Å². The van der Waals surface area contributed by atoms with Gasteiger partial charge in [-0.25, -0.2) is 0 Å². The molecule has 20 heavy (non-hydrogen) atoms. The van der Waals surface area contributed by atoms with Crippen LogP contribution in [0.3, 0.4) is 0 Å². The molecule has 0 spiro atoms. The molecular weight excluding hydrogens is 254 g/mol. The van der Waals surface area contributed by atoms with E-state index in [4.69, 9.17) is 0 Å². The quantitative estimate of drug-likeness (QED) is 0.605. The molecule has 1 N–H and O–H groups in total. The highest BCUT2D eigenvalue weighted by atomic mass is 16.2. The fraction of sp³-hybridized carbons (Fsp3) is 0.600. The predicted octanol–water partition coefficient (Wildman–Crippen LogP) is 0.542. The van der Waals surface area contributed by atoms with E-state index in [0.717, 1.165) is 39.0 Å². The lowest BCUT2D eigenvalue weighted by atomic mass is 10.1. The molecule has 2 heterocycles. The maximum absolute atomic E-state index is 12.5. The van der Waals surface area contributed by atoms with Crippen LogP contribution in [-0.2, 0) is 9.59 Å². The molecule has 5 heteroatoms. The lowest BCUT2D eigenvalue weighted by Crippen LogP contribution is -2.53. The molecule has 0 aromatic rings. The minimum atomic E-state index is -0.268. The lowest BCUT2D eigenvalue weighted by Gasteiger charge is -2.32. The second-order valence-electron chi connectivity index (χ2n) is 5.15. The number of allylic oxidation sites excluding steroid dienone is 3. The SMILES string of the molecule is C/C=C/C=C/C(=O)N1CCCC1C(=O)N1CCNCC1. The molecule has 2 fully saturated rings. The Bertz CT molecular complexity index is 411. The summed E-state index contributed by atoms with van der Waals surface area (Å²) in [6, 6.07) is -0.268. The smallest absolute Gasteiger partial charge is 0.247 e. The molecule has 2 saturated heterocycles. The summed E-state index contributed by atoms with van der Waals surface area (Å²) in [5, 5.41) is 3.24. The Morgan fingerprint density at radius 1 is 1.15 bits per heavy atom.